The number of carbonyl (C=O) groups is 2. The van der Waals surface area contributed by atoms with Crippen LogP contribution in [0.4, 0.5) is 14.5 Å². The molecule has 2 aromatic carbocycles. The highest BCUT2D eigenvalue weighted by atomic mass is 19.3. The van der Waals surface area contributed by atoms with Crippen molar-refractivity contribution in [3.63, 3.8) is 0 Å². The van der Waals surface area contributed by atoms with Gasteiger partial charge in [0.1, 0.15) is 0 Å². The molecule has 0 unspecified atom stereocenters. The number of nitrogens with zero attached hydrogens (tertiary/aromatic N) is 4. The molecular formula is C26H23F2N5O3. The molecule has 1 aliphatic rings. The second kappa shape index (κ2) is 9.03. The number of rotatable bonds is 6. The first-order chi connectivity index (χ1) is 17.3. The van der Waals surface area contributed by atoms with Gasteiger partial charge in [0.05, 0.1) is 36.6 Å². The summed E-state index contributed by atoms with van der Waals surface area (Å²) in [5.41, 5.74) is 2.86. The van der Waals surface area contributed by atoms with E-state index in [1.807, 2.05) is 30.3 Å². The van der Waals surface area contributed by atoms with Crippen LogP contribution in [0.1, 0.15) is 24.9 Å². The van der Waals surface area contributed by atoms with Crippen LogP contribution in [0, 0.1) is 0 Å². The SMILES string of the molecule is COc1cc(-n2ncc3cc(N4C(=O)C[C@H](NC(=O)C(C)(F)F)[C@H]4c4ccccc4)ccc32)ccn1. The number of methoxy groups -OCH3 is 1. The van der Waals surface area contributed by atoms with Crippen LogP contribution < -0.4 is 15.0 Å². The second-order valence-electron chi connectivity index (χ2n) is 8.65. The molecule has 0 bridgehead atoms. The number of ether oxygens (including phenoxy) is 1. The van der Waals surface area contributed by atoms with Crippen molar-refractivity contribution in [2.75, 3.05) is 12.0 Å². The molecule has 1 N–H and O–H groups in total. The molecule has 2 atom stereocenters. The zero-order valence-corrected chi connectivity index (χ0v) is 19.6. The summed E-state index contributed by atoms with van der Waals surface area (Å²) < 4.78 is 34.2. The van der Waals surface area contributed by atoms with Gasteiger partial charge >= 0.3 is 5.92 Å². The Morgan fingerprint density at radius 2 is 1.89 bits per heavy atom. The van der Waals surface area contributed by atoms with Crippen LogP contribution in [-0.2, 0) is 9.59 Å². The van der Waals surface area contributed by atoms with Crippen LogP contribution >= 0.6 is 0 Å². The summed E-state index contributed by atoms with van der Waals surface area (Å²) in [5.74, 6) is -4.79. The fourth-order valence-corrected chi connectivity index (χ4v) is 4.51. The maximum Gasteiger partial charge on any atom is 0.321 e. The summed E-state index contributed by atoms with van der Waals surface area (Å²) in [7, 11) is 1.53. The minimum atomic E-state index is -3.55. The zero-order chi connectivity index (χ0) is 25.4. The van der Waals surface area contributed by atoms with Crippen molar-refractivity contribution in [2.24, 2.45) is 0 Å². The zero-order valence-electron chi connectivity index (χ0n) is 19.6. The van der Waals surface area contributed by atoms with E-state index in [0.717, 1.165) is 22.2 Å². The van der Waals surface area contributed by atoms with E-state index in [2.05, 4.69) is 15.4 Å². The van der Waals surface area contributed by atoms with Gasteiger partial charge in [-0.25, -0.2) is 9.67 Å². The van der Waals surface area contributed by atoms with Crippen molar-refractivity contribution in [3.05, 3.63) is 78.6 Å². The van der Waals surface area contributed by atoms with Crippen LogP contribution in [0.25, 0.3) is 16.6 Å². The fraction of sp³-hybridized carbons (Fsp3) is 0.231. The number of carbonyl (C=O) groups excluding carboxylic acids is 2. The molecule has 0 saturated carbocycles. The minimum absolute atomic E-state index is 0.102. The van der Waals surface area contributed by atoms with E-state index in [-0.39, 0.29) is 12.3 Å². The molecule has 4 aromatic rings. The van der Waals surface area contributed by atoms with Gasteiger partial charge in [0.25, 0.3) is 5.91 Å². The molecule has 0 radical (unpaired) electrons. The number of aromatic nitrogens is 3. The lowest BCUT2D eigenvalue weighted by Crippen LogP contribution is -2.46. The predicted octanol–water partition coefficient (Wildman–Crippen LogP) is 4.05. The van der Waals surface area contributed by atoms with E-state index in [0.29, 0.717) is 18.5 Å². The quantitative estimate of drug-likeness (QED) is 0.440. The maximum absolute atomic E-state index is 13.6. The van der Waals surface area contributed by atoms with Crippen LogP contribution in [-0.4, -0.2) is 45.7 Å². The Morgan fingerprint density at radius 3 is 2.61 bits per heavy atom. The molecule has 1 saturated heterocycles. The van der Waals surface area contributed by atoms with E-state index in [1.165, 1.54) is 7.11 Å². The highest BCUT2D eigenvalue weighted by Crippen LogP contribution is 2.39. The summed E-state index contributed by atoms with van der Waals surface area (Å²) in [6, 6.07) is 16.6. The van der Waals surface area contributed by atoms with Crippen molar-refractivity contribution in [3.8, 4) is 11.6 Å². The number of hydrogen-bond acceptors (Lipinski definition) is 5. The Kier molecular flexibility index (Phi) is 5.87. The molecule has 1 fully saturated rings. The molecule has 184 valence electrons. The summed E-state index contributed by atoms with van der Waals surface area (Å²) in [6.45, 7) is 0.540. The number of halogens is 2. The highest BCUT2D eigenvalue weighted by molar-refractivity contribution is 6.00. The Hall–Kier alpha value is -4.34. The Labute approximate surface area is 205 Å². The van der Waals surface area contributed by atoms with Gasteiger partial charge in [-0.15, -0.1) is 0 Å². The molecule has 1 aliphatic heterocycles. The second-order valence-corrected chi connectivity index (χ2v) is 8.65. The lowest BCUT2D eigenvalue weighted by atomic mass is 9.99. The van der Waals surface area contributed by atoms with E-state index in [9.17, 15) is 18.4 Å². The van der Waals surface area contributed by atoms with Gasteiger partial charge in [-0.3, -0.25) is 9.59 Å². The van der Waals surface area contributed by atoms with Crippen LogP contribution in [0.2, 0.25) is 0 Å². The van der Waals surface area contributed by atoms with Crippen molar-refractivity contribution in [2.45, 2.75) is 31.4 Å². The van der Waals surface area contributed by atoms with Crippen LogP contribution in [0.3, 0.4) is 0 Å². The Bertz CT molecular complexity index is 1430. The molecule has 5 rings (SSSR count). The number of anilines is 1. The number of hydrogen-bond donors (Lipinski definition) is 1. The molecule has 3 heterocycles. The normalized spacial score (nSPS) is 18.0. The van der Waals surface area contributed by atoms with Crippen molar-refractivity contribution in [1.29, 1.82) is 0 Å². The first-order valence-corrected chi connectivity index (χ1v) is 11.3. The number of benzene rings is 2. The van der Waals surface area contributed by atoms with Crippen molar-refractivity contribution < 1.29 is 23.1 Å². The number of nitrogens with one attached hydrogen (secondary N) is 1. The summed E-state index contributed by atoms with van der Waals surface area (Å²) in [6.07, 6.45) is 3.20. The van der Waals surface area contributed by atoms with Gasteiger partial charge in [-0.1, -0.05) is 30.3 Å². The molecule has 0 aliphatic carbocycles. The third kappa shape index (κ3) is 4.26. The van der Waals surface area contributed by atoms with Gasteiger partial charge in [-0.05, 0) is 29.8 Å². The van der Waals surface area contributed by atoms with Gasteiger partial charge in [0.15, 0.2) is 0 Å². The number of fused-ring (bicyclic) bond motifs is 1. The van der Waals surface area contributed by atoms with E-state index in [1.54, 1.807) is 52.3 Å². The summed E-state index contributed by atoms with van der Waals surface area (Å²) in [5, 5.41) is 7.63. The summed E-state index contributed by atoms with van der Waals surface area (Å²) in [4.78, 5) is 30.9. The van der Waals surface area contributed by atoms with Gasteiger partial charge in [-0.2, -0.15) is 13.9 Å². The first-order valence-electron chi connectivity index (χ1n) is 11.3. The topological polar surface area (TPSA) is 89.4 Å². The van der Waals surface area contributed by atoms with Gasteiger partial charge < -0.3 is 15.0 Å². The lowest BCUT2D eigenvalue weighted by molar-refractivity contribution is -0.143. The first kappa shape index (κ1) is 23.4. The number of amides is 2. The molecule has 2 amide bonds. The van der Waals surface area contributed by atoms with Gasteiger partial charge in [0, 0.05) is 36.7 Å². The maximum atomic E-state index is 13.6. The molecule has 36 heavy (non-hydrogen) atoms. The number of alkyl halides is 2. The largest absolute Gasteiger partial charge is 0.481 e. The van der Waals surface area contributed by atoms with Crippen LogP contribution in [0.15, 0.2) is 73.1 Å². The predicted molar refractivity (Wildman–Crippen MR) is 129 cm³/mol. The molecule has 8 nitrogen and oxygen atoms in total. The van der Waals surface area contributed by atoms with E-state index in [4.69, 9.17) is 4.74 Å². The third-order valence-electron chi connectivity index (χ3n) is 6.18. The van der Waals surface area contributed by atoms with Gasteiger partial charge in [0.2, 0.25) is 11.8 Å². The number of pyridine rings is 1. The lowest BCUT2D eigenvalue weighted by Gasteiger charge is -2.29. The average molecular weight is 491 g/mol. The van der Waals surface area contributed by atoms with Crippen molar-refractivity contribution in [1.82, 2.24) is 20.1 Å². The Balaban J connectivity index is 1.53. The minimum Gasteiger partial charge on any atom is -0.481 e. The smallest absolute Gasteiger partial charge is 0.321 e. The third-order valence-corrected chi connectivity index (χ3v) is 6.18. The fourth-order valence-electron chi connectivity index (χ4n) is 4.51. The molecule has 10 heteroatoms. The highest BCUT2D eigenvalue weighted by Gasteiger charge is 2.45. The monoisotopic (exact) mass is 491 g/mol. The molecule has 0 spiro atoms. The van der Waals surface area contributed by atoms with Crippen molar-refractivity contribution >= 4 is 28.4 Å². The standard InChI is InChI=1S/C26H23F2N5O3/c1-26(27,28)25(35)31-20-14-23(34)32(24(20)16-6-4-3-5-7-16)18-8-9-21-17(12-18)15-30-33(21)19-10-11-29-22(13-19)36-2/h3-13,15,20,24H,14H2,1-2H3,(H,31,35)/t20-,24+/m0/s1. The molecule has 2 aromatic heterocycles. The van der Waals surface area contributed by atoms with Crippen LogP contribution in [0.5, 0.6) is 5.88 Å². The average Bonchev–Trinajstić information content (AvgIpc) is 3.44. The Morgan fingerprint density at radius 1 is 1.11 bits per heavy atom. The summed E-state index contributed by atoms with van der Waals surface area (Å²) >= 11 is 0. The van der Waals surface area contributed by atoms with E-state index >= 15 is 0 Å². The molecular weight excluding hydrogens is 468 g/mol. The van der Waals surface area contributed by atoms with E-state index < -0.39 is 23.9 Å².